The molecule has 0 aliphatic carbocycles. The number of nitrogens with one attached hydrogen (secondary N) is 4. The monoisotopic (exact) mass is 330 g/mol. The highest BCUT2D eigenvalue weighted by molar-refractivity contribution is 7.38. The second-order valence-corrected chi connectivity index (χ2v) is 7.07. The van der Waals surface area contributed by atoms with Crippen LogP contribution >= 0.6 is 8.20 Å². The zero-order valence-corrected chi connectivity index (χ0v) is 13.7. The van der Waals surface area contributed by atoms with Gasteiger partial charge in [0.2, 0.25) is 0 Å². The molecule has 0 radical (unpaired) electrons. The second kappa shape index (κ2) is 5.29. The lowest BCUT2D eigenvalue weighted by atomic mass is 10.3. The highest BCUT2D eigenvalue weighted by Gasteiger charge is 1.97. The number of hydrogen-bond donors (Lipinski definition) is 4. The van der Waals surface area contributed by atoms with E-state index >= 15 is 0 Å². The fourth-order valence-corrected chi connectivity index (χ4v) is 3.85. The Morgan fingerprint density at radius 1 is 0.500 bits per heavy atom. The highest BCUT2D eigenvalue weighted by atomic mass is 31.1. The zero-order valence-electron chi connectivity index (χ0n) is 12.8. The van der Waals surface area contributed by atoms with Crippen molar-refractivity contribution in [1.82, 2.24) is 19.9 Å². The van der Waals surface area contributed by atoms with E-state index in [0.29, 0.717) is 0 Å². The van der Waals surface area contributed by atoms with E-state index in [2.05, 4.69) is 86.7 Å². The molecule has 0 amide bonds. The van der Waals surface area contributed by atoms with Crippen molar-refractivity contribution in [2.45, 2.75) is 0 Å². The van der Waals surface area contributed by atoms with Crippen LogP contribution in [0.25, 0.3) is 18.2 Å². The molecule has 0 fully saturated rings. The summed E-state index contributed by atoms with van der Waals surface area (Å²) in [5.74, 6) is 0. The summed E-state index contributed by atoms with van der Waals surface area (Å²) in [4.78, 5) is 13.8. The molecule has 0 saturated carbocycles. The van der Waals surface area contributed by atoms with Crippen molar-refractivity contribution >= 4 is 31.9 Å². The van der Waals surface area contributed by atoms with E-state index in [1.165, 1.54) is 10.5 Å². The quantitative estimate of drug-likeness (QED) is 0.310. The van der Waals surface area contributed by atoms with Crippen LogP contribution in [0.5, 0.6) is 0 Å². The topological polar surface area (TPSA) is 63.2 Å². The molecule has 116 valence electrons. The zero-order chi connectivity index (χ0) is 15.9. The van der Waals surface area contributed by atoms with E-state index in [4.69, 9.17) is 0 Å². The minimum Gasteiger partial charge on any atom is -0.355 e. The van der Waals surface area contributed by atoms with Crippen LogP contribution in [0.3, 0.4) is 0 Å². The lowest BCUT2D eigenvalue weighted by Crippen LogP contribution is -2.09. The minimum atomic E-state index is 1.08. The first-order valence-corrected chi connectivity index (χ1v) is 8.72. The van der Waals surface area contributed by atoms with Gasteiger partial charge in [0.1, 0.15) is 0 Å². The number of aromatic nitrogens is 4. The summed E-state index contributed by atoms with van der Waals surface area (Å²) in [6.07, 6.45) is 6.35. The number of aromatic amines is 4. The van der Waals surface area contributed by atoms with Crippen molar-refractivity contribution in [2.24, 2.45) is 0 Å². The molecule has 5 heteroatoms. The Balaban J connectivity index is 1.79. The van der Waals surface area contributed by atoms with Crippen LogP contribution in [0.4, 0.5) is 0 Å². The molecule has 5 rings (SSSR count). The van der Waals surface area contributed by atoms with Crippen LogP contribution in [-0.2, 0) is 0 Å². The Bertz CT molecular complexity index is 1070. The van der Waals surface area contributed by atoms with Crippen LogP contribution in [0.2, 0.25) is 0 Å². The summed E-state index contributed by atoms with van der Waals surface area (Å²) >= 11 is 0. The lowest BCUT2D eigenvalue weighted by Gasteiger charge is -1.88. The van der Waals surface area contributed by atoms with Gasteiger partial charge in [-0.05, 0) is 75.0 Å². The van der Waals surface area contributed by atoms with Gasteiger partial charge in [0.25, 0.3) is 0 Å². The molecule has 4 aromatic heterocycles. The van der Waals surface area contributed by atoms with Crippen molar-refractivity contribution in [3.8, 4) is 0 Å². The average Bonchev–Trinajstić information content (AvgIpc) is 3.32. The van der Waals surface area contributed by atoms with E-state index < -0.39 is 0 Å². The summed E-state index contributed by atoms with van der Waals surface area (Å²) < 4.78 is 0. The van der Waals surface area contributed by atoms with Crippen LogP contribution in [0, 0.1) is 5.07 Å². The molecule has 0 spiro atoms. The van der Waals surface area contributed by atoms with Gasteiger partial charge < -0.3 is 19.9 Å². The molecule has 4 aromatic rings. The fourth-order valence-electron chi connectivity index (χ4n) is 2.93. The average molecular weight is 330 g/mol. The minimum absolute atomic E-state index is 1.08. The third-order valence-electron chi connectivity index (χ3n) is 4.02. The van der Waals surface area contributed by atoms with Gasteiger partial charge in [-0.2, -0.15) is 0 Å². The van der Waals surface area contributed by atoms with E-state index in [-0.39, 0.29) is 0 Å². The molecule has 5 heterocycles. The molecule has 1 aliphatic heterocycles. The smallest absolute Gasteiger partial charge is 0.0682 e. The maximum absolute atomic E-state index is 3.46. The van der Waals surface area contributed by atoms with Crippen LogP contribution in [0.1, 0.15) is 17.1 Å². The van der Waals surface area contributed by atoms with Gasteiger partial charge in [-0.25, -0.2) is 0 Å². The van der Waals surface area contributed by atoms with Gasteiger partial charge in [0.05, 0.1) is 10.5 Å². The van der Waals surface area contributed by atoms with Crippen molar-refractivity contribution in [1.29, 1.82) is 0 Å². The second-order valence-electron chi connectivity index (χ2n) is 5.88. The summed E-state index contributed by atoms with van der Waals surface area (Å²) in [5.41, 5.74) is 4.42. The third kappa shape index (κ3) is 2.57. The van der Waals surface area contributed by atoms with Crippen molar-refractivity contribution in [3.63, 3.8) is 0 Å². The van der Waals surface area contributed by atoms with E-state index in [9.17, 15) is 0 Å². The first-order valence-electron chi connectivity index (χ1n) is 7.82. The Morgan fingerprint density at radius 2 is 1.08 bits per heavy atom. The first kappa shape index (κ1) is 13.5. The summed E-state index contributed by atoms with van der Waals surface area (Å²) in [6.45, 7) is 0. The van der Waals surface area contributed by atoms with Crippen molar-refractivity contribution < 1.29 is 0 Å². The molecule has 0 unspecified atom stereocenters. The van der Waals surface area contributed by atoms with Crippen LogP contribution in [0.15, 0.2) is 48.5 Å². The molecule has 0 saturated heterocycles. The number of hydrogen-bond acceptors (Lipinski definition) is 0. The predicted molar refractivity (Wildman–Crippen MR) is 98.1 cm³/mol. The Hall–Kier alpha value is -2.97. The molecular formula is C19H15N4P. The highest BCUT2D eigenvalue weighted by Crippen LogP contribution is 2.06. The molecule has 1 aliphatic rings. The van der Waals surface area contributed by atoms with Gasteiger partial charge in [-0.1, -0.05) is 0 Å². The molecular weight excluding hydrogens is 315 g/mol. The van der Waals surface area contributed by atoms with Gasteiger partial charge in [0.15, 0.2) is 0 Å². The molecule has 8 bridgehead atoms. The maximum Gasteiger partial charge on any atom is 0.0682 e. The van der Waals surface area contributed by atoms with E-state index in [0.717, 1.165) is 41.3 Å². The Labute approximate surface area is 139 Å². The normalized spacial score (nSPS) is 13.3. The van der Waals surface area contributed by atoms with Gasteiger partial charge in [-0.15, -0.1) is 0 Å². The standard InChI is InChI=1S/C19H15N4P/c1-3-14-10-16-5-7-18(22-16)24-19-8-6-17(23-19)11-15-4-2-13(21-15)9-12(1)20-14/h1-11,20-23H. The Kier molecular flexibility index (Phi) is 2.97. The van der Waals surface area contributed by atoms with Crippen LogP contribution < -0.4 is 21.5 Å². The first-order chi connectivity index (χ1) is 11.8. The molecule has 4 N–H and O–H groups in total. The number of fused-ring (bicyclic) bond motifs is 8. The largest absolute Gasteiger partial charge is 0.355 e. The summed E-state index contributed by atoms with van der Waals surface area (Å²) in [6, 6.07) is 16.8. The van der Waals surface area contributed by atoms with Gasteiger partial charge in [-0.3, -0.25) is 0 Å². The SMILES string of the molecule is C1=c2ccc([nH]2)=Cc2ccc([nH]2)P=c2ccc([nH]2)=Cc2ccc1[nH]2. The summed E-state index contributed by atoms with van der Waals surface area (Å²) in [5, 5.41) is 4.42. The molecule has 0 atom stereocenters. The molecule has 0 aromatic carbocycles. The lowest BCUT2D eigenvalue weighted by molar-refractivity contribution is 1.25. The van der Waals surface area contributed by atoms with E-state index in [1.54, 1.807) is 0 Å². The molecule has 4 nitrogen and oxygen atoms in total. The van der Waals surface area contributed by atoms with Gasteiger partial charge in [0, 0.05) is 33.1 Å². The number of H-pyrrole nitrogens is 4. The van der Waals surface area contributed by atoms with Crippen molar-refractivity contribution in [2.75, 3.05) is 0 Å². The fraction of sp³-hybridized carbons (Fsp3) is 0. The van der Waals surface area contributed by atoms with Crippen molar-refractivity contribution in [3.05, 3.63) is 86.7 Å². The van der Waals surface area contributed by atoms with Crippen LogP contribution in [-0.4, -0.2) is 19.9 Å². The Morgan fingerprint density at radius 3 is 1.83 bits per heavy atom. The summed E-state index contributed by atoms with van der Waals surface area (Å²) in [7, 11) is 1.14. The van der Waals surface area contributed by atoms with E-state index in [1.807, 2.05) is 0 Å². The number of rotatable bonds is 0. The maximum atomic E-state index is 3.46. The predicted octanol–water partition coefficient (Wildman–Crippen LogP) is 1.32. The van der Waals surface area contributed by atoms with Gasteiger partial charge >= 0.3 is 0 Å². The molecule has 24 heavy (non-hydrogen) atoms. The third-order valence-corrected chi connectivity index (χ3v) is 5.03.